The molecule has 2 heterocycles. The average molecular weight is 491 g/mol. The van der Waals surface area contributed by atoms with Gasteiger partial charge in [-0.05, 0) is 57.0 Å². The van der Waals surface area contributed by atoms with Crippen LogP contribution in [0.25, 0.3) is 0 Å². The van der Waals surface area contributed by atoms with Gasteiger partial charge in [0, 0.05) is 29.1 Å². The lowest BCUT2D eigenvalue weighted by atomic mass is 9.67. The summed E-state index contributed by atoms with van der Waals surface area (Å²) in [6.07, 6.45) is 1.99. The molecule has 2 aromatic rings. The van der Waals surface area contributed by atoms with Crippen LogP contribution in [0.5, 0.6) is 5.75 Å². The van der Waals surface area contributed by atoms with E-state index in [4.69, 9.17) is 14.2 Å². The fourth-order valence-electron chi connectivity index (χ4n) is 5.04. The molecule has 2 aliphatic rings. The van der Waals surface area contributed by atoms with Gasteiger partial charge in [-0.2, -0.15) is 0 Å². The van der Waals surface area contributed by atoms with Crippen molar-refractivity contribution in [2.45, 2.75) is 39.0 Å². The van der Waals surface area contributed by atoms with Gasteiger partial charge in [-0.1, -0.05) is 18.2 Å². The first-order chi connectivity index (χ1) is 17.4. The van der Waals surface area contributed by atoms with Crippen LogP contribution in [0.2, 0.25) is 0 Å². The number of carbonyl (C=O) groups is 3. The second-order valence-electron chi connectivity index (χ2n) is 8.65. The molecule has 0 bridgehead atoms. The summed E-state index contributed by atoms with van der Waals surface area (Å²) in [5.41, 5.74) is 3.24. The van der Waals surface area contributed by atoms with Crippen LogP contribution in [0.3, 0.4) is 0 Å². The monoisotopic (exact) mass is 490 g/mol. The molecular weight excluding hydrogens is 460 g/mol. The third kappa shape index (κ3) is 4.63. The summed E-state index contributed by atoms with van der Waals surface area (Å²) >= 11 is 0. The van der Waals surface area contributed by atoms with Crippen molar-refractivity contribution in [2.24, 2.45) is 5.92 Å². The Morgan fingerprint density at radius 3 is 2.53 bits per heavy atom. The summed E-state index contributed by atoms with van der Waals surface area (Å²) in [4.78, 5) is 44.9. The van der Waals surface area contributed by atoms with Gasteiger partial charge < -0.3 is 19.5 Å². The Morgan fingerprint density at radius 1 is 1.08 bits per heavy atom. The fraction of sp³-hybridized carbons (Fsp3) is 0.357. The predicted octanol–water partition coefficient (Wildman–Crippen LogP) is 3.80. The molecule has 8 heteroatoms. The van der Waals surface area contributed by atoms with Crippen molar-refractivity contribution in [2.75, 3.05) is 20.3 Å². The average Bonchev–Trinajstić information content (AvgIpc) is 2.88. The molecule has 0 unspecified atom stereocenters. The Kier molecular flexibility index (Phi) is 7.52. The Bertz CT molecular complexity index is 1230. The van der Waals surface area contributed by atoms with Crippen LogP contribution in [0.15, 0.2) is 71.2 Å². The zero-order valence-electron chi connectivity index (χ0n) is 20.9. The highest BCUT2D eigenvalue weighted by molar-refractivity contribution is 6.13. The van der Waals surface area contributed by atoms with Crippen LogP contribution in [-0.4, -0.2) is 43.0 Å². The maximum absolute atomic E-state index is 14.2. The van der Waals surface area contributed by atoms with Gasteiger partial charge in [0.15, 0.2) is 5.78 Å². The maximum atomic E-state index is 14.2. The number of carbonyl (C=O) groups excluding carboxylic acids is 3. The first-order valence-corrected chi connectivity index (χ1v) is 12.0. The number of nitrogens with one attached hydrogen (secondary N) is 1. The van der Waals surface area contributed by atoms with Crippen LogP contribution < -0.4 is 10.1 Å². The van der Waals surface area contributed by atoms with Crippen molar-refractivity contribution < 1.29 is 28.6 Å². The summed E-state index contributed by atoms with van der Waals surface area (Å²) in [6.45, 7) is 5.56. The number of nitrogens with zero attached hydrogens (tertiary/aromatic N) is 1. The van der Waals surface area contributed by atoms with Crippen LogP contribution in [-0.2, 0) is 23.9 Å². The molecule has 1 aliphatic heterocycles. The van der Waals surface area contributed by atoms with Crippen LogP contribution in [0.4, 0.5) is 0 Å². The molecule has 0 saturated carbocycles. The largest absolute Gasteiger partial charge is 0.497 e. The number of methoxy groups -OCH3 is 1. The highest BCUT2D eigenvalue weighted by Gasteiger charge is 2.49. The molecular formula is C28H30N2O6. The van der Waals surface area contributed by atoms with E-state index in [1.54, 1.807) is 52.3 Å². The summed E-state index contributed by atoms with van der Waals surface area (Å²) < 4.78 is 16.1. The Morgan fingerprint density at radius 2 is 1.86 bits per heavy atom. The molecule has 1 aliphatic carbocycles. The van der Waals surface area contributed by atoms with E-state index in [1.165, 1.54) is 0 Å². The number of esters is 2. The standard InChI is InChI=1S/C28H30N2O6/c1-5-35-27(32)22-16(3)30-21-15-19(17-10-9-11-18(14-17)34-4)23(28(33)36-6-2)26(31)25(21)24(22)20-12-7-8-13-29-20/h7-14,19,23-24,30H,5-6,15H2,1-4H3/t19-,23+,24-/m0/s1. The minimum atomic E-state index is -1.08. The summed E-state index contributed by atoms with van der Waals surface area (Å²) in [5, 5.41) is 3.28. The van der Waals surface area contributed by atoms with Crippen molar-refractivity contribution in [3.05, 3.63) is 82.5 Å². The van der Waals surface area contributed by atoms with E-state index in [0.29, 0.717) is 40.4 Å². The molecule has 4 rings (SSSR count). The maximum Gasteiger partial charge on any atom is 0.336 e. The second kappa shape index (κ2) is 10.8. The van der Waals surface area contributed by atoms with Gasteiger partial charge in [-0.15, -0.1) is 0 Å². The topological polar surface area (TPSA) is 104 Å². The van der Waals surface area contributed by atoms with Crippen molar-refractivity contribution in [3.8, 4) is 5.75 Å². The van der Waals surface area contributed by atoms with E-state index < -0.39 is 29.7 Å². The minimum absolute atomic E-state index is 0.147. The summed E-state index contributed by atoms with van der Waals surface area (Å²) in [7, 11) is 1.57. The van der Waals surface area contributed by atoms with Gasteiger partial charge in [-0.25, -0.2) is 4.79 Å². The lowest BCUT2D eigenvalue weighted by Gasteiger charge is -2.39. The van der Waals surface area contributed by atoms with Crippen LogP contribution in [0, 0.1) is 5.92 Å². The minimum Gasteiger partial charge on any atom is -0.497 e. The predicted molar refractivity (Wildman–Crippen MR) is 132 cm³/mol. The SMILES string of the molecule is CCOC(=O)C1=C(C)NC2=C(C(=O)[C@H](C(=O)OCC)[C@H](c3cccc(OC)c3)C2)[C@H]1c1ccccn1. The van der Waals surface area contributed by atoms with Gasteiger partial charge in [0.05, 0.1) is 37.5 Å². The van der Waals surface area contributed by atoms with Crippen LogP contribution >= 0.6 is 0 Å². The lowest BCUT2D eigenvalue weighted by Crippen LogP contribution is -2.43. The number of rotatable bonds is 7. The van der Waals surface area contributed by atoms with Gasteiger partial charge in [0.1, 0.15) is 11.7 Å². The highest BCUT2D eigenvalue weighted by Crippen LogP contribution is 2.48. The Hall–Kier alpha value is -3.94. The van der Waals surface area contributed by atoms with E-state index in [9.17, 15) is 14.4 Å². The second-order valence-corrected chi connectivity index (χ2v) is 8.65. The number of dihydropyridines is 1. The number of hydrogen-bond donors (Lipinski definition) is 1. The van der Waals surface area contributed by atoms with E-state index in [-0.39, 0.29) is 19.0 Å². The molecule has 0 radical (unpaired) electrons. The number of pyridine rings is 1. The normalized spacial score (nSPS) is 21.4. The van der Waals surface area contributed by atoms with E-state index in [2.05, 4.69) is 10.3 Å². The number of aromatic nitrogens is 1. The van der Waals surface area contributed by atoms with E-state index in [1.807, 2.05) is 24.3 Å². The van der Waals surface area contributed by atoms with Crippen LogP contribution in [0.1, 0.15) is 50.3 Å². The summed E-state index contributed by atoms with van der Waals surface area (Å²) in [6, 6.07) is 12.7. The molecule has 1 aromatic heterocycles. The molecule has 36 heavy (non-hydrogen) atoms. The van der Waals surface area contributed by atoms with E-state index in [0.717, 1.165) is 5.56 Å². The number of allylic oxidation sites excluding steroid dienone is 3. The van der Waals surface area contributed by atoms with Gasteiger partial charge in [0.2, 0.25) is 0 Å². The molecule has 0 spiro atoms. The Balaban J connectivity index is 1.88. The van der Waals surface area contributed by atoms with Gasteiger partial charge in [0.25, 0.3) is 0 Å². The number of Topliss-reactive ketones (excluding diaryl/α,β-unsaturated/α-hetero) is 1. The fourth-order valence-corrected chi connectivity index (χ4v) is 5.04. The number of hydrogen-bond acceptors (Lipinski definition) is 8. The molecule has 1 aromatic carbocycles. The smallest absolute Gasteiger partial charge is 0.336 e. The third-order valence-corrected chi connectivity index (χ3v) is 6.56. The van der Waals surface area contributed by atoms with Crippen molar-refractivity contribution in [1.82, 2.24) is 10.3 Å². The number of benzene rings is 1. The van der Waals surface area contributed by atoms with Crippen molar-refractivity contribution >= 4 is 17.7 Å². The third-order valence-electron chi connectivity index (χ3n) is 6.56. The first-order valence-electron chi connectivity index (χ1n) is 12.0. The molecule has 0 saturated heterocycles. The van der Waals surface area contributed by atoms with E-state index >= 15 is 0 Å². The molecule has 0 fully saturated rings. The quantitative estimate of drug-likeness (QED) is 0.462. The first kappa shape index (κ1) is 25.2. The number of ketones is 1. The molecule has 188 valence electrons. The molecule has 0 amide bonds. The Labute approximate surface area is 210 Å². The molecule has 8 nitrogen and oxygen atoms in total. The molecule has 3 atom stereocenters. The lowest BCUT2D eigenvalue weighted by molar-refractivity contribution is -0.152. The van der Waals surface area contributed by atoms with Crippen molar-refractivity contribution in [1.29, 1.82) is 0 Å². The molecule has 1 N–H and O–H groups in total. The zero-order chi connectivity index (χ0) is 25.8. The van der Waals surface area contributed by atoms with Gasteiger partial charge in [-0.3, -0.25) is 14.6 Å². The highest BCUT2D eigenvalue weighted by atomic mass is 16.5. The number of ether oxygens (including phenoxy) is 3. The zero-order valence-corrected chi connectivity index (χ0v) is 20.9. The van der Waals surface area contributed by atoms with Crippen molar-refractivity contribution in [3.63, 3.8) is 0 Å². The summed E-state index contributed by atoms with van der Waals surface area (Å²) in [5.74, 6) is -3.20. The van der Waals surface area contributed by atoms with Gasteiger partial charge >= 0.3 is 11.9 Å².